The van der Waals surface area contributed by atoms with Crippen LogP contribution in [-0.4, -0.2) is 37.2 Å². The fraction of sp³-hybridized carbons (Fsp3) is 0.891. The largest absolute Gasteiger partial charge is 0.462 e. The summed E-state index contributed by atoms with van der Waals surface area (Å²) in [4.78, 5) is 37.6. The lowest BCUT2D eigenvalue weighted by Gasteiger charge is -2.18. The van der Waals surface area contributed by atoms with Crippen LogP contribution in [0.25, 0.3) is 0 Å². The number of hydrogen-bond acceptors (Lipinski definition) is 6. The summed E-state index contributed by atoms with van der Waals surface area (Å²) >= 11 is 0. The molecule has 0 aromatic carbocycles. The van der Waals surface area contributed by atoms with Gasteiger partial charge in [-0.15, -0.1) is 0 Å². The van der Waals surface area contributed by atoms with Crippen molar-refractivity contribution >= 4 is 17.9 Å². The number of hydrogen-bond donors (Lipinski definition) is 0. The third kappa shape index (κ3) is 39.4. The standard InChI is InChI=1S/C46H86O6/c1-4-7-10-13-16-18-20-22-23-24-26-27-30-33-36-39-45(48)51-42-43(41-50-44(47)38-35-32-29-15-12-9-6-3)52-46(49)40-37-34-31-28-25-21-19-17-14-11-8-5-2/h22-23,43H,4-21,24-42H2,1-3H3/b23-22-. The van der Waals surface area contributed by atoms with E-state index in [1.54, 1.807) is 0 Å². The van der Waals surface area contributed by atoms with E-state index in [4.69, 9.17) is 14.2 Å². The summed E-state index contributed by atoms with van der Waals surface area (Å²) in [6.07, 6.45) is 43.4. The summed E-state index contributed by atoms with van der Waals surface area (Å²) in [5, 5.41) is 0. The van der Waals surface area contributed by atoms with Crippen LogP contribution in [0, 0.1) is 0 Å². The highest BCUT2D eigenvalue weighted by Gasteiger charge is 2.19. The fourth-order valence-electron chi connectivity index (χ4n) is 6.55. The first-order valence-corrected chi connectivity index (χ1v) is 22.7. The summed E-state index contributed by atoms with van der Waals surface area (Å²) in [6, 6.07) is 0. The van der Waals surface area contributed by atoms with Gasteiger partial charge in [0.2, 0.25) is 0 Å². The van der Waals surface area contributed by atoms with Crippen LogP contribution in [0.4, 0.5) is 0 Å². The van der Waals surface area contributed by atoms with Crippen LogP contribution in [-0.2, 0) is 28.6 Å². The fourth-order valence-corrected chi connectivity index (χ4v) is 6.55. The van der Waals surface area contributed by atoms with Crippen molar-refractivity contribution in [3.63, 3.8) is 0 Å². The Labute approximate surface area is 322 Å². The molecule has 0 saturated heterocycles. The van der Waals surface area contributed by atoms with Crippen LogP contribution in [0.3, 0.4) is 0 Å². The molecule has 0 aliphatic rings. The first-order valence-electron chi connectivity index (χ1n) is 22.7. The molecule has 6 nitrogen and oxygen atoms in total. The van der Waals surface area contributed by atoms with Gasteiger partial charge in [0.1, 0.15) is 13.2 Å². The molecule has 0 N–H and O–H groups in total. The highest BCUT2D eigenvalue weighted by atomic mass is 16.6. The Morgan fingerprint density at radius 1 is 0.365 bits per heavy atom. The van der Waals surface area contributed by atoms with E-state index in [0.717, 1.165) is 64.2 Å². The van der Waals surface area contributed by atoms with Crippen LogP contribution in [0.1, 0.15) is 245 Å². The lowest BCUT2D eigenvalue weighted by molar-refractivity contribution is -0.167. The molecule has 0 aromatic heterocycles. The van der Waals surface area contributed by atoms with Crippen molar-refractivity contribution in [2.75, 3.05) is 13.2 Å². The molecule has 0 aromatic rings. The predicted octanol–water partition coefficient (Wildman–Crippen LogP) is 14.3. The number of ether oxygens (including phenoxy) is 3. The molecule has 0 amide bonds. The molecule has 0 radical (unpaired) electrons. The van der Waals surface area contributed by atoms with E-state index in [9.17, 15) is 14.4 Å². The Kier molecular flexibility index (Phi) is 40.4. The molecule has 0 bridgehead atoms. The van der Waals surface area contributed by atoms with Crippen LogP contribution in [0.2, 0.25) is 0 Å². The van der Waals surface area contributed by atoms with Crippen molar-refractivity contribution in [3.05, 3.63) is 12.2 Å². The van der Waals surface area contributed by atoms with Gasteiger partial charge in [-0.1, -0.05) is 193 Å². The molecular weight excluding hydrogens is 648 g/mol. The van der Waals surface area contributed by atoms with Gasteiger partial charge in [0.05, 0.1) is 0 Å². The first kappa shape index (κ1) is 50.1. The van der Waals surface area contributed by atoms with Gasteiger partial charge in [-0.2, -0.15) is 0 Å². The second-order valence-corrected chi connectivity index (χ2v) is 15.3. The van der Waals surface area contributed by atoms with E-state index >= 15 is 0 Å². The van der Waals surface area contributed by atoms with Crippen LogP contribution in [0.15, 0.2) is 12.2 Å². The molecule has 0 fully saturated rings. The SMILES string of the molecule is CCCCCCCC/C=C\CCCCCCCC(=O)OCC(COC(=O)CCCCCCCCC)OC(=O)CCCCCCCCCCCCCC. The summed E-state index contributed by atoms with van der Waals surface area (Å²) in [5.41, 5.74) is 0. The van der Waals surface area contributed by atoms with Crippen molar-refractivity contribution in [1.82, 2.24) is 0 Å². The summed E-state index contributed by atoms with van der Waals surface area (Å²) < 4.78 is 16.6. The summed E-state index contributed by atoms with van der Waals surface area (Å²) in [5.74, 6) is -0.877. The minimum Gasteiger partial charge on any atom is -0.462 e. The van der Waals surface area contributed by atoms with E-state index in [-0.39, 0.29) is 31.1 Å². The van der Waals surface area contributed by atoms with Crippen LogP contribution < -0.4 is 0 Å². The molecular formula is C46H86O6. The predicted molar refractivity (Wildman–Crippen MR) is 220 cm³/mol. The second-order valence-electron chi connectivity index (χ2n) is 15.3. The molecule has 6 heteroatoms. The Balaban J connectivity index is 4.28. The van der Waals surface area contributed by atoms with Crippen molar-refractivity contribution in [2.45, 2.75) is 252 Å². The molecule has 306 valence electrons. The minimum atomic E-state index is -0.763. The lowest BCUT2D eigenvalue weighted by Crippen LogP contribution is -2.30. The average molecular weight is 735 g/mol. The molecule has 0 aliphatic heterocycles. The molecule has 0 spiro atoms. The molecule has 0 heterocycles. The van der Waals surface area contributed by atoms with Gasteiger partial charge in [-0.05, 0) is 44.9 Å². The molecule has 52 heavy (non-hydrogen) atoms. The lowest BCUT2D eigenvalue weighted by atomic mass is 10.0. The highest BCUT2D eigenvalue weighted by molar-refractivity contribution is 5.71. The molecule has 0 saturated carbocycles. The summed E-state index contributed by atoms with van der Waals surface area (Å²) in [7, 11) is 0. The van der Waals surface area contributed by atoms with E-state index < -0.39 is 6.10 Å². The molecule has 1 atom stereocenters. The van der Waals surface area contributed by atoms with Gasteiger partial charge in [0.15, 0.2) is 6.10 Å². The smallest absolute Gasteiger partial charge is 0.306 e. The van der Waals surface area contributed by atoms with Gasteiger partial charge in [-0.3, -0.25) is 14.4 Å². The zero-order chi connectivity index (χ0) is 38.0. The third-order valence-corrected chi connectivity index (χ3v) is 10.0. The monoisotopic (exact) mass is 735 g/mol. The average Bonchev–Trinajstić information content (AvgIpc) is 3.14. The maximum atomic E-state index is 12.7. The van der Waals surface area contributed by atoms with Crippen molar-refractivity contribution in [3.8, 4) is 0 Å². The van der Waals surface area contributed by atoms with Crippen molar-refractivity contribution < 1.29 is 28.6 Å². The molecule has 1 unspecified atom stereocenters. The number of carbonyl (C=O) groups is 3. The Morgan fingerprint density at radius 2 is 0.635 bits per heavy atom. The highest BCUT2D eigenvalue weighted by Crippen LogP contribution is 2.15. The number of allylic oxidation sites excluding steroid dienone is 2. The van der Waals surface area contributed by atoms with E-state index in [1.165, 1.54) is 141 Å². The number of carbonyl (C=O) groups excluding carboxylic acids is 3. The Bertz CT molecular complexity index is 809. The normalized spacial score (nSPS) is 12.0. The van der Waals surface area contributed by atoms with E-state index in [0.29, 0.717) is 19.3 Å². The van der Waals surface area contributed by atoms with E-state index in [1.807, 2.05) is 0 Å². The first-order chi connectivity index (χ1) is 25.5. The maximum absolute atomic E-state index is 12.7. The van der Waals surface area contributed by atoms with Gasteiger partial charge in [-0.25, -0.2) is 0 Å². The minimum absolute atomic E-state index is 0.0692. The molecule has 0 aliphatic carbocycles. The third-order valence-electron chi connectivity index (χ3n) is 10.0. The van der Waals surface area contributed by atoms with Crippen LogP contribution >= 0.6 is 0 Å². The number of unbranched alkanes of at least 4 members (excludes halogenated alkanes) is 28. The van der Waals surface area contributed by atoms with Gasteiger partial charge in [0.25, 0.3) is 0 Å². The quantitative estimate of drug-likeness (QED) is 0.0269. The van der Waals surface area contributed by atoms with Crippen LogP contribution in [0.5, 0.6) is 0 Å². The van der Waals surface area contributed by atoms with Crippen molar-refractivity contribution in [2.24, 2.45) is 0 Å². The Morgan fingerprint density at radius 3 is 0.962 bits per heavy atom. The zero-order valence-corrected chi connectivity index (χ0v) is 34.8. The maximum Gasteiger partial charge on any atom is 0.306 e. The van der Waals surface area contributed by atoms with E-state index in [2.05, 4.69) is 32.9 Å². The summed E-state index contributed by atoms with van der Waals surface area (Å²) in [6.45, 7) is 6.59. The molecule has 0 rings (SSSR count). The number of esters is 3. The van der Waals surface area contributed by atoms with Gasteiger partial charge >= 0.3 is 17.9 Å². The van der Waals surface area contributed by atoms with Gasteiger partial charge < -0.3 is 14.2 Å². The zero-order valence-electron chi connectivity index (χ0n) is 34.8. The topological polar surface area (TPSA) is 78.9 Å². The Hall–Kier alpha value is -1.85. The van der Waals surface area contributed by atoms with Crippen molar-refractivity contribution in [1.29, 1.82) is 0 Å². The van der Waals surface area contributed by atoms with Gasteiger partial charge in [0, 0.05) is 19.3 Å². The second kappa shape index (κ2) is 41.9. The number of rotatable bonds is 41.